The molecule has 1 rings (SSSR count). The average molecular weight is 182 g/mol. The lowest BCUT2D eigenvalue weighted by Gasteiger charge is -2.22. The molecule has 0 aromatic heterocycles. The minimum atomic E-state index is -0.0365. The second kappa shape index (κ2) is 5.07. The summed E-state index contributed by atoms with van der Waals surface area (Å²) in [5, 5.41) is 0. The molecule has 0 bridgehead atoms. The molecule has 1 atom stereocenters. The molecule has 0 radical (unpaired) electrons. The molecule has 0 saturated carbocycles. The van der Waals surface area contributed by atoms with Gasteiger partial charge in [-0.3, -0.25) is 0 Å². The van der Waals surface area contributed by atoms with E-state index in [1.54, 1.807) is 7.11 Å². The van der Waals surface area contributed by atoms with Crippen molar-refractivity contribution in [2.75, 3.05) is 7.11 Å². The topological polar surface area (TPSA) is 18.5 Å². The maximum atomic E-state index is 5.58. The largest absolute Gasteiger partial charge is 0.469 e. The van der Waals surface area contributed by atoms with Gasteiger partial charge in [0.05, 0.1) is 5.76 Å². The van der Waals surface area contributed by atoms with Gasteiger partial charge in [0.2, 0.25) is 0 Å². The van der Waals surface area contributed by atoms with Crippen LogP contribution in [-0.2, 0) is 9.47 Å². The van der Waals surface area contributed by atoms with E-state index in [1.807, 2.05) is 0 Å². The zero-order valence-electron chi connectivity index (χ0n) is 8.67. The first-order valence-electron chi connectivity index (χ1n) is 4.74. The highest BCUT2D eigenvalue weighted by Gasteiger charge is 2.13. The van der Waals surface area contributed by atoms with Gasteiger partial charge >= 0.3 is 0 Å². The Morgan fingerprint density at radius 3 is 3.08 bits per heavy atom. The molecule has 0 saturated heterocycles. The molecule has 0 amide bonds. The van der Waals surface area contributed by atoms with E-state index in [9.17, 15) is 0 Å². The Balaban J connectivity index is 2.42. The third-order valence-electron chi connectivity index (χ3n) is 2.03. The molecule has 2 heteroatoms. The van der Waals surface area contributed by atoms with E-state index in [2.05, 4.69) is 26.0 Å². The minimum Gasteiger partial charge on any atom is -0.469 e. The van der Waals surface area contributed by atoms with Crippen LogP contribution in [0.3, 0.4) is 0 Å². The SMILES string of the molecule is COC1CCC=C(CC=C(C)C)O1. The summed E-state index contributed by atoms with van der Waals surface area (Å²) in [6.07, 6.45) is 7.20. The maximum absolute atomic E-state index is 5.58. The van der Waals surface area contributed by atoms with E-state index in [-0.39, 0.29) is 6.29 Å². The van der Waals surface area contributed by atoms with E-state index >= 15 is 0 Å². The van der Waals surface area contributed by atoms with Gasteiger partial charge in [-0.25, -0.2) is 0 Å². The molecule has 0 spiro atoms. The molecule has 1 aliphatic rings. The van der Waals surface area contributed by atoms with Gasteiger partial charge in [0.1, 0.15) is 0 Å². The predicted molar refractivity (Wildman–Crippen MR) is 53.2 cm³/mol. The molecule has 0 N–H and O–H groups in total. The van der Waals surface area contributed by atoms with Crippen molar-refractivity contribution >= 4 is 0 Å². The lowest BCUT2D eigenvalue weighted by atomic mass is 10.1. The highest BCUT2D eigenvalue weighted by atomic mass is 16.7. The van der Waals surface area contributed by atoms with Gasteiger partial charge in [-0.2, -0.15) is 0 Å². The molecule has 1 heterocycles. The van der Waals surface area contributed by atoms with Gasteiger partial charge in [0.25, 0.3) is 0 Å². The Labute approximate surface area is 80.2 Å². The zero-order chi connectivity index (χ0) is 9.68. The summed E-state index contributed by atoms with van der Waals surface area (Å²) < 4.78 is 10.7. The Bertz CT molecular complexity index is 212. The number of hydrogen-bond acceptors (Lipinski definition) is 2. The highest BCUT2D eigenvalue weighted by Crippen LogP contribution is 2.20. The Morgan fingerprint density at radius 1 is 1.69 bits per heavy atom. The quantitative estimate of drug-likeness (QED) is 0.625. The van der Waals surface area contributed by atoms with Crippen LogP contribution in [0.4, 0.5) is 0 Å². The number of allylic oxidation sites excluding steroid dienone is 3. The molecule has 0 aromatic carbocycles. The lowest BCUT2D eigenvalue weighted by molar-refractivity contribution is -0.105. The van der Waals surface area contributed by atoms with Crippen LogP contribution in [0.1, 0.15) is 33.1 Å². The fourth-order valence-electron chi connectivity index (χ4n) is 1.26. The number of ether oxygens (including phenoxy) is 2. The summed E-state index contributed by atoms with van der Waals surface area (Å²) in [5.41, 5.74) is 1.32. The van der Waals surface area contributed by atoms with Crippen LogP contribution < -0.4 is 0 Å². The lowest BCUT2D eigenvalue weighted by Crippen LogP contribution is -2.17. The zero-order valence-corrected chi connectivity index (χ0v) is 8.67. The summed E-state index contributed by atoms with van der Waals surface area (Å²) in [7, 11) is 1.69. The van der Waals surface area contributed by atoms with Crippen molar-refractivity contribution < 1.29 is 9.47 Å². The number of rotatable bonds is 3. The molecule has 2 nitrogen and oxygen atoms in total. The fourth-order valence-corrected chi connectivity index (χ4v) is 1.26. The van der Waals surface area contributed by atoms with Crippen LogP contribution >= 0.6 is 0 Å². The van der Waals surface area contributed by atoms with Crippen molar-refractivity contribution in [1.29, 1.82) is 0 Å². The van der Waals surface area contributed by atoms with E-state index in [1.165, 1.54) is 5.57 Å². The Kier molecular flexibility index (Phi) is 4.03. The number of hydrogen-bond donors (Lipinski definition) is 0. The maximum Gasteiger partial charge on any atom is 0.199 e. The van der Waals surface area contributed by atoms with Crippen molar-refractivity contribution in [3.05, 3.63) is 23.5 Å². The second-order valence-electron chi connectivity index (χ2n) is 3.52. The van der Waals surface area contributed by atoms with Crippen LogP contribution in [0, 0.1) is 0 Å². The third-order valence-corrected chi connectivity index (χ3v) is 2.03. The van der Waals surface area contributed by atoms with Crippen molar-refractivity contribution in [2.45, 2.75) is 39.4 Å². The van der Waals surface area contributed by atoms with Crippen molar-refractivity contribution in [3.63, 3.8) is 0 Å². The van der Waals surface area contributed by atoms with E-state index in [4.69, 9.17) is 9.47 Å². The first-order valence-corrected chi connectivity index (χ1v) is 4.74. The normalized spacial score (nSPS) is 21.8. The molecule has 0 aromatic rings. The molecule has 0 aliphatic carbocycles. The molecule has 0 fully saturated rings. The van der Waals surface area contributed by atoms with Crippen molar-refractivity contribution in [3.8, 4) is 0 Å². The summed E-state index contributed by atoms with van der Waals surface area (Å²) in [6, 6.07) is 0. The van der Waals surface area contributed by atoms with Gasteiger partial charge in [-0.1, -0.05) is 11.6 Å². The van der Waals surface area contributed by atoms with E-state index in [0.717, 1.165) is 25.0 Å². The molecule has 1 aliphatic heterocycles. The van der Waals surface area contributed by atoms with Gasteiger partial charge < -0.3 is 9.47 Å². The van der Waals surface area contributed by atoms with Crippen LogP contribution in [0.15, 0.2) is 23.5 Å². The van der Waals surface area contributed by atoms with Crippen molar-refractivity contribution in [2.24, 2.45) is 0 Å². The van der Waals surface area contributed by atoms with Crippen molar-refractivity contribution in [1.82, 2.24) is 0 Å². The second-order valence-corrected chi connectivity index (χ2v) is 3.52. The molecule has 1 unspecified atom stereocenters. The minimum absolute atomic E-state index is 0.0365. The summed E-state index contributed by atoms with van der Waals surface area (Å²) in [5.74, 6) is 1.04. The molecule has 74 valence electrons. The summed E-state index contributed by atoms with van der Waals surface area (Å²) >= 11 is 0. The summed E-state index contributed by atoms with van der Waals surface area (Å²) in [6.45, 7) is 4.19. The monoisotopic (exact) mass is 182 g/mol. The smallest absolute Gasteiger partial charge is 0.199 e. The van der Waals surface area contributed by atoms with Crippen LogP contribution in [0.5, 0.6) is 0 Å². The van der Waals surface area contributed by atoms with E-state index < -0.39 is 0 Å². The standard InChI is InChI=1S/C11H18O2/c1-9(2)7-8-10-5-4-6-11(12-3)13-10/h5,7,11H,4,6,8H2,1-3H3. The molecular formula is C11H18O2. The van der Waals surface area contributed by atoms with Crippen LogP contribution in [0.2, 0.25) is 0 Å². The van der Waals surface area contributed by atoms with Gasteiger partial charge in [0, 0.05) is 20.0 Å². The van der Waals surface area contributed by atoms with Crippen LogP contribution in [-0.4, -0.2) is 13.4 Å². The van der Waals surface area contributed by atoms with Gasteiger partial charge in [-0.15, -0.1) is 0 Å². The van der Waals surface area contributed by atoms with E-state index in [0.29, 0.717) is 0 Å². The summed E-state index contributed by atoms with van der Waals surface area (Å²) in [4.78, 5) is 0. The first kappa shape index (κ1) is 10.3. The Hall–Kier alpha value is -0.760. The van der Waals surface area contributed by atoms with Gasteiger partial charge in [0.15, 0.2) is 6.29 Å². The number of methoxy groups -OCH3 is 1. The fraction of sp³-hybridized carbons (Fsp3) is 0.636. The highest BCUT2D eigenvalue weighted by molar-refractivity contribution is 5.06. The van der Waals surface area contributed by atoms with Crippen LogP contribution in [0.25, 0.3) is 0 Å². The molecular weight excluding hydrogens is 164 g/mol. The first-order chi connectivity index (χ1) is 6.22. The van der Waals surface area contributed by atoms with Gasteiger partial charge in [-0.05, 0) is 26.3 Å². The Morgan fingerprint density at radius 2 is 2.46 bits per heavy atom. The third kappa shape index (κ3) is 3.64. The molecule has 13 heavy (non-hydrogen) atoms. The predicted octanol–water partition coefficient (Wildman–Crippen LogP) is 3.01. The average Bonchev–Trinajstić information content (AvgIpc) is 2.15.